The van der Waals surface area contributed by atoms with Gasteiger partial charge in [0.05, 0.1) is 13.2 Å². The summed E-state index contributed by atoms with van der Waals surface area (Å²) in [5.41, 5.74) is 0. The standard InChI is InChI=1S/C3H2O3.2C3H4O2.C2H6O2/c4-3-5-1-2-6-3;2*1-2-3(4)5;3-1-2-4/h1-2H;2*2H,1H2,(H,4,5);3-4H,1-2H2. The largest absolute Gasteiger partial charge is 0.518 e. The smallest absolute Gasteiger partial charge is 0.478 e. The number of hydrogen-bond donors (Lipinski definition) is 4. The molecule has 0 bridgehead atoms. The van der Waals surface area contributed by atoms with E-state index in [1.807, 2.05) is 0 Å². The van der Waals surface area contributed by atoms with E-state index in [2.05, 4.69) is 22.0 Å². The zero-order chi connectivity index (χ0) is 16.4. The molecule has 0 aromatic carbocycles. The SMILES string of the molecule is C=CC(=O)O.C=CC(=O)O.O=c1occo1.OCCO. The summed E-state index contributed by atoms with van der Waals surface area (Å²) in [4.78, 5) is 28.2. The van der Waals surface area contributed by atoms with E-state index in [1.54, 1.807) is 0 Å². The van der Waals surface area contributed by atoms with Crippen LogP contribution in [0.5, 0.6) is 0 Å². The predicted octanol–water partition coefficient (Wildman–Crippen LogP) is -0.282. The Hall–Kier alpha value is -2.65. The second kappa shape index (κ2) is 18.7. The Balaban J connectivity index is -0.000000195. The molecule has 0 saturated carbocycles. The first kappa shape index (κ1) is 22.5. The van der Waals surface area contributed by atoms with Crippen LogP contribution >= 0.6 is 0 Å². The molecule has 9 heteroatoms. The average molecular weight is 292 g/mol. The lowest BCUT2D eigenvalue weighted by atomic mass is 10.7. The van der Waals surface area contributed by atoms with E-state index in [4.69, 9.17) is 20.4 Å². The third kappa shape index (κ3) is 36.2. The summed E-state index contributed by atoms with van der Waals surface area (Å²) in [5.74, 6) is -2.62. The maximum atomic E-state index is 9.74. The summed E-state index contributed by atoms with van der Waals surface area (Å²) >= 11 is 0. The Morgan fingerprint density at radius 2 is 1.25 bits per heavy atom. The van der Waals surface area contributed by atoms with Crippen LogP contribution < -0.4 is 5.82 Å². The Morgan fingerprint density at radius 1 is 1.00 bits per heavy atom. The normalized spacial score (nSPS) is 7.30. The number of rotatable bonds is 3. The third-order valence-electron chi connectivity index (χ3n) is 0.833. The fourth-order valence-corrected chi connectivity index (χ4v) is 0.194. The highest BCUT2D eigenvalue weighted by atomic mass is 16.5. The van der Waals surface area contributed by atoms with E-state index >= 15 is 0 Å². The molecular weight excluding hydrogens is 276 g/mol. The molecule has 0 amide bonds. The molecule has 1 aromatic rings. The highest BCUT2D eigenvalue weighted by Gasteiger charge is 1.77. The predicted molar refractivity (Wildman–Crippen MR) is 67.1 cm³/mol. The van der Waals surface area contributed by atoms with Gasteiger partial charge in [0, 0.05) is 12.2 Å². The van der Waals surface area contributed by atoms with Crippen molar-refractivity contribution in [3.8, 4) is 0 Å². The maximum absolute atomic E-state index is 9.74. The summed E-state index contributed by atoms with van der Waals surface area (Å²) in [6, 6.07) is 0. The summed E-state index contributed by atoms with van der Waals surface area (Å²) in [5, 5.41) is 30.5. The highest BCUT2D eigenvalue weighted by Crippen LogP contribution is 1.70. The first-order chi connectivity index (χ1) is 9.35. The van der Waals surface area contributed by atoms with Crippen molar-refractivity contribution >= 4 is 11.9 Å². The van der Waals surface area contributed by atoms with Gasteiger partial charge in [0.2, 0.25) is 0 Å². The lowest BCUT2D eigenvalue weighted by molar-refractivity contribution is -0.132. The third-order valence-corrected chi connectivity index (χ3v) is 0.833. The second-order valence-electron chi connectivity index (χ2n) is 2.29. The highest BCUT2D eigenvalue weighted by molar-refractivity contribution is 5.79. The van der Waals surface area contributed by atoms with E-state index in [0.717, 1.165) is 12.2 Å². The number of hydrogen-bond acceptors (Lipinski definition) is 7. The second-order valence-corrected chi connectivity index (χ2v) is 2.29. The molecule has 0 saturated heterocycles. The molecule has 0 aliphatic heterocycles. The van der Waals surface area contributed by atoms with Crippen LogP contribution in [-0.2, 0) is 9.59 Å². The van der Waals surface area contributed by atoms with Crippen molar-refractivity contribution in [2.75, 3.05) is 13.2 Å². The summed E-state index contributed by atoms with van der Waals surface area (Å²) < 4.78 is 8.22. The zero-order valence-electron chi connectivity index (χ0n) is 10.5. The summed E-state index contributed by atoms with van der Waals surface area (Å²) in [6.07, 6.45) is 4.03. The molecule has 4 N–H and O–H groups in total. The zero-order valence-corrected chi connectivity index (χ0v) is 10.5. The lowest BCUT2D eigenvalue weighted by Gasteiger charge is -1.70. The van der Waals surface area contributed by atoms with Crippen LogP contribution in [-0.4, -0.2) is 45.6 Å². The molecule has 0 radical (unpaired) electrons. The van der Waals surface area contributed by atoms with Crippen molar-refractivity contribution < 1.29 is 38.8 Å². The van der Waals surface area contributed by atoms with Crippen LogP contribution in [0.3, 0.4) is 0 Å². The Kier molecular flexibility index (Phi) is 21.1. The molecule has 0 atom stereocenters. The van der Waals surface area contributed by atoms with Gasteiger partial charge in [-0.3, -0.25) is 0 Å². The van der Waals surface area contributed by atoms with Crippen LogP contribution in [0.25, 0.3) is 0 Å². The van der Waals surface area contributed by atoms with Gasteiger partial charge in [-0.1, -0.05) is 13.2 Å². The van der Waals surface area contributed by atoms with Crippen molar-refractivity contribution in [2.45, 2.75) is 0 Å². The van der Waals surface area contributed by atoms with Crippen LogP contribution in [0.4, 0.5) is 0 Å². The van der Waals surface area contributed by atoms with E-state index in [1.165, 1.54) is 12.5 Å². The van der Waals surface area contributed by atoms with Crippen molar-refractivity contribution in [1.29, 1.82) is 0 Å². The van der Waals surface area contributed by atoms with Gasteiger partial charge in [0.15, 0.2) is 0 Å². The van der Waals surface area contributed by atoms with E-state index < -0.39 is 17.8 Å². The number of carboxylic acid groups (broad SMARTS) is 2. The molecule has 0 unspecified atom stereocenters. The van der Waals surface area contributed by atoms with Gasteiger partial charge in [-0.05, 0) is 0 Å². The van der Waals surface area contributed by atoms with Crippen molar-refractivity contribution in [3.63, 3.8) is 0 Å². The average Bonchev–Trinajstić information content (AvgIpc) is 2.91. The number of aliphatic hydroxyl groups excluding tert-OH is 2. The number of aliphatic hydroxyl groups is 2. The lowest BCUT2D eigenvalue weighted by Crippen LogP contribution is -1.85. The Labute approximate surface area is 113 Å². The molecule has 9 nitrogen and oxygen atoms in total. The first-order valence-electron chi connectivity index (χ1n) is 4.80. The minimum absolute atomic E-state index is 0.125. The number of carboxylic acids is 2. The van der Waals surface area contributed by atoms with Gasteiger partial charge in [-0.25, -0.2) is 14.4 Å². The molecule has 0 spiro atoms. The van der Waals surface area contributed by atoms with E-state index in [9.17, 15) is 14.4 Å². The monoisotopic (exact) mass is 292 g/mol. The number of aliphatic carboxylic acids is 2. The van der Waals surface area contributed by atoms with Crippen molar-refractivity contribution in [3.05, 3.63) is 48.5 Å². The van der Waals surface area contributed by atoms with Gasteiger partial charge in [0.25, 0.3) is 0 Å². The van der Waals surface area contributed by atoms with Gasteiger partial charge in [-0.2, -0.15) is 0 Å². The van der Waals surface area contributed by atoms with E-state index in [-0.39, 0.29) is 13.2 Å². The molecule has 0 aliphatic rings. The van der Waals surface area contributed by atoms with Crippen LogP contribution in [0.1, 0.15) is 0 Å². The minimum Gasteiger partial charge on any atom is -0.478 e. The van der Waals surface area contributed by atoms with Gasteiger partial charge in [-0.15, -0.1) is 0 Å². The molecule has 0 aliphatic carbocycles. The molecular formula is C11H16O9. The van der Waals surface area contributed by atoms with Gasteiger partial charge >= 0.3 is 17.8 Å². The topological polar surface area (TPSA) is 158 Å². The van der Waals surface area contributed by atoms with Gasteiger partial charge < -0.3 is 29.3 Å². The van der Waals surface area contributed by atoms with Crippen LogP contribution in [0, 0.1) is 0 Å². The van der Waals surface area contributed by atoms with Crippen molar-refractivity contribution in [2.24, 2.45) is 0 Å². The Morgan fingerprint density at radius 3 is 1.30 bits per heavy atom. The van der Waals surface area contributed by atoms with Crippen LogP contribution in [0.15, 0.2) is 51.5 Å². The fraction of sp³-hybridized carbons (Fsp3) is 0.182. The summed E-state index contributed by atoms with van der Waals surface area (Å²) in [7, 11) is 0. The molecule has 1 rings (SSSR count). The number of carbonyl (C=O) groups is 2. The van der Waals surface area contributed by atoms with Gasteiger partial charge in [0.1, 0.15) is 12.5 Å². The quantitative estimate of drug-likeness (QED) is 0.549. The molecule has 0 fully saturated rings. The van der Waals surface area contributed by atoms with E-state index in [0.29, 0.717) is 0 Å². The first-order valence-corrected chi connectivity index (χ1v) is 4.80. The molecule has 1 aromatic heterocycles. The summed E-state index contributed by atoms with van der Waals surface area (Å²) in [6.45, 7) is 5.67. The molecule has 1 heterocycles. The Bertz CT molecular complexity index is 379. The maximum Gasteiger partial charge on any atom is 0.518 e. The minimum atomic E-state index is -0.981. The molecule has 20 heavy (non-hydrogen) atoms. The fourth-order valence-electron chi connectivity index (χ4n) is 0.194. The van der Waals surface area contributed by atoms with Crippen molar-refractivity contribution in [1.82, 2.24) is 0 Å². The molecule has 114 valence electrons. The van der Waals surface area contributed by atoms with Crippen LogP contribution in [0.2, 0.25) is 0 Å².